The van der Waals surface area contributed by atoms with Gasteiger partial charge >= 0.3 is 0 Å². The molecule has 8 heteroatoms. The number of carbonyl (C=O) groups is 3. The third-order valence-electron chi connectivity index (χ3n) is 4.01. The second kappa shape index (κ2) is 7.42. The van der Waals surface area contributed by atoms with Crippen LogP contribution in [0.25, 0.3) is 6.08 Å². The van der Waals surface area contributed by atoms with Crippen molar-refractivity contribution < 1.29 is 19.1 Å². The summed E-state index contributed by atoms with van der Waals surface area (Å²) in [6.07, 6.45) is 2.80. The predicted octanol–water partition coefficient (Wildman–Crippen LogP) is 3.88. The summed E-state index contributed by atoms with van der Waals surface area (Å²) in [6, 6.07) is 7.70. The second-order valence-electron chi connectivity index (χ2n) is 5.76. The van der Waals surface area contributed by atoms with Crippen molar-refractivity contribution >= 4 is 52.7 Å². The van der Waals surface area contributed by atoms with E-state index in [-0.39, 0.29) is 11.5 Å². The van der Waals surface area contributed by atoms with Gasteiger partial charge in [-0.05, 0) is 36.4 Å². The molecule has 138 valence electrons. The number of hydrogen-bond acceptors (Lipinski definition) is 4. The molecule has 3 amide bonds. The van der Waals surface area contributed by atoms with Gasteiger partial charge in [0.15, 0.2) is 0 Å². The average molecular weight is 405 g/mol. The summed E-state index contributed by atoms with van der Waals surface area (Å²) in [7, 11) is 2.88. The Morgan fingerprint density at radius 2 is 1.81 bits per heavy atom. The Morgan fingerprint density at radius 1 is 1.11 bits per heavy atom. The van der Waals surface area contributed by atoms with Crippen LogP contribution >= 0.6 is 23.2 Å². The van der Waals surface area contributed by atoms with Crippen molar-refractivity contribution in [2.75, 3.05) is 19.5 Å². The number of imide groups is 1. The third kappa shape index (κ3) is 3.67. The molecule has 0 aromatic heterocycles. The minimum absolute atomic E-state index is 0.257. The summed E-state index contributed by atoms with van der Waals surface area (Å²) < 4.78 is 5.22. The van der Waals surface area contributed by atoms with Crippen LogP contribution in [0.5, 0.6) is 5.75 Å². The number of methoxy groups -OCH3 is 1. The fourth-order valence-corrected chi connectivity index (χ4v) is 3.29. The number of anilines is 1. The minimum atomic E-state index is -0.432. The number of nitrogens with zero attached hydrogens (tertiary/aromatic N) is 1. The molecular weight excluding hydrogens is 391 g/mol. The molecule has 1 heterocycles. The fourth-order valence-electron chi connectivity index (χ4n) is 2.71. The molecule has 0 unspecified atom stereocenters. The van der Waals surface area contributed by atoms with E-state index in [0.29, 0.717) is 32.6 Å². The van der Waals surface area contributed by atoms with Gasteiger partial charge < -0.3 is 10.1 Å². The van der Waals surface area contributed by atoms with E-state index < -0.39 is 11.8 Å². The zero-order valence-electron chi connectivity index (χ0n) is 14.4. The molecule has 0 radical (unpaired) electrons. The third-order valence-corrected chi connectivity index (χ3v) is 4.51. The van der Waals surface area contributed by atoms with Gasteiger partial charge in [-0.1, -0.05) is 23.2 Å². The van der Waals surface area contributed by atoms with Crippen LogP contribution in [0.3, 0.4) is 0 Å². The molecule has 1 aliphatic rings. The molecule has 2 aromatic carbocycles. The molecule has 0 atom stereocenters. The first-order chi connectivity index (χ1) is 12.8. The Morgan fingerprint density at radius 3 is 2.52 bits per heavy atom. The summed E-state index contributed by atoms with van der Waals surface area (Å²) in [6.45, 7) is 0. The van der Waals surface area contributed by atoms with E-state index in [1.54, 1.807) is 18.2 Å². The molecule has 0 bridgehead atoms. The van der Waals surface area contributed by atoms with Crippen molar-refractivity contribution in [1.82, 2.24) is 4.90 Å². The second-order valence-corrected chi connectivity index (χ2v) is 6.61. The van der Waals surface area contributed by atoms with Gasteiger partial charge in [0.25, 0.3) is 11.8 Å². The number of benzene rings is 2. The van der Waals surface area contributed by atoms with Crippen LogP contribution in [0.4, 0.5) is 5.69 Å². The van der Waals surface area contributed by atoms with E-state index in [1.807, 2.05) is 0 Å². The summed E-state index contributed by atoms with van der Waals surface area (Å²) in [5.74, 6) is -0.800. The SMILES string of the molecule is COc1c(Cl)cc(Cl)cc1/C=C/C(=O)Nc1ccc2c(c1)C(=O)N(C)C2=O. The van der Waals surface area contributed by atoms with Gasteiger partial charge in [-0.3, -0.25) is 19.3 Å². The van der Waals surface area contributed by atoms with Gasteiger partial charge in [-0.25, -0.2) is 0 Å². The smallest absolute Gasteiger partial charge is 0.261 e. The Balaban J connectivity index is 1.79. The predicted molar refractivity (Wildman–Crippen MR) is 104 cm³/mol. The first-order valence-electron chi connectivity index (χ1n) is 7.80. The Kier molecular flexibility index (Phi) is 5.21. The topological polar surface area (TPSA) is 75.7 Å². The fraction of sp³-hybridized carbons (Fsp3) is 0.105. The Bertz CT molecular complexity index is 1000. The van der Waals surface area contributed by atoms with Gasteiger partial charge in [0, 0.05) is 29.4 Å². The lowest BCUT2D eigenvalue weighted by Crippen LogP contribution is -2.24. The molecule has 0 saturated heterocycles. The first kappa shape index (κ1) is 18.9. The van der Waals surface area contributed by atoms with Gasteiger partial charge in [-0.15, -0.1) is 0 Å². The standard InChI is InChI=1S/C19H14Cl2N2O4/c1-23-18(25)13-5-4-12(9-14(13)19(23)26)22-16(24)6-3-10-7-11(20)8-15(21)17(10)27-2/h3-9H,1-2H3,(H,22,24)/b6-3+. The zero-order chi connectivity index (χ0) is 19.7. The van der Waals surface area contributed by atoms with Crippen LogP contribution in [-0.2, 0) is 4.79 Å². The highest BCUT2D eigenvalue weighted by Crippen LogP contribution is 2.33. The van der Waals surface area contributed by atoms with Crippen LogP contribution in [0, 0.1) is 0 Å². The zero-order valence-corrected chi connectivity index (χ0v) is 15.9. The van der Waals surface area contributed by atoms with E-state index in [1.165, 1.54) is 38.4 Å². The van der Waals surface area contributed by atoms with E-state index in [9.17, 15) is 14.4 Å². The number of amides is 3. The monoisotopic (exact) mass is 404 g/mol. The molecule has 1 N–H and O–H groups in total. The first-order valence-corrected chi connectivity index (χ1v) is 8.56. The lowest BCUT2D eigenvalue weighted by Gasteiger charge is -2.08. The molecule has 1 aliphatic heterocycles. The summed E-state index contributed by atoms with van der Waals surface area (Å²) in [5, 5.41) is 3.38. The van der Waals surface area contributed by atoms with E-state index in [4.69, 9.17) is 27.9 Å². The van der Waals surface area contributed by atoms with Crippen LogP contribution in [-0.4, -0.2) is 36.8 Å². The summed E-state index contributed by atoms with van der Waals surface area (Å²) >= 11 is 12.0. The highest BCUT2D eigenvalue weighted by Gasteiger charge is 2.32. The maximum Gasteiger partial charge on any atom is 0.261 e. The van der Waals surface area contributed by atoms with E-state index in [2.05, 4.69) is 5.32 Å². The lowest BCUT2D eigenvalue weighted by molar-refractivity contribution is -0.111. The molecule has 6 nitrogen and oxygen atoms in total. The number of fused-ring (bicyclic) bond motifs is 1. The van der Waals surface area contributed by atoms with Gasteiger partial charge in [-0.2, -0.15) is 0 Å². The molecule has 0 spiro atoms. The number of ether oxygens (including phenoxy) is 1. The Labute approximate surface area is 165 Å². The van der Waals surface area contributed by atoms with E-state index >= 15 is 0 Å². The number of halogens is 2. The summed E-state index contributed by atoms with van der Waals surface area (Å²) in [5.41, 5.74) is 1.51. The Hall–Kier alpha value is -2.83. The van der Waals surface area contributed by atoms with Gasteiger partial charge in [0.05, 0.1) is 23.3 Å². The van der Waals surface area contributed by atoms with Gasteiger partial charge in [0.2, 0.25) is 5.91 Å². The normalized spacial score (nSPS) is 13.3. The van der Waals surface area contributed by atoms with Crippen molar-refractivity contribution in [2.45, 2.75) is 0 Å². The molecule has 27 heavy (non-hydrogen) atoms. The number of hydrogen-bond donors (Lipinski definition) is 1. The van der Waals surface area contributed by atoms with Crippen molar-refractivity contribution in [2.24, 2.45) is 0 Å². The van der Waals surface area contributed by atoms with Crippen molar-refractivity contribution in [3.63, 3.8) is 0 Å². The minimum Gasteiger partial charge on any atom is -0.495 e. The highest BCUT2D eigenvalue weighted by molar-refractivity contribution is 6.36. The molecule has 0 saturated carbocycles. The lowest BCUT2D eigenvalue weighted by atomic mass is 10.1. The molecule has 2 aromatic rings. The van der Waals surface area contributed by atoms with E-state index in [0.717, 1.165) is 4.90 Å². The number of rotatable bonds is 4. The number of carbonyl (C=O) groups excluding carboxylic acids is 3. The van der Waals surface area contributed by atoms with Crippen molar-refractivity contribution in [1.29, 1.82) is 0 Å². The molecular formula is C19H14Cl2N2O4. The number of nitrogens with one attached hydrogen (secondary N) is 1. The van der Waals surface area contributed by atoms with Gasteiger partial charge in [0.1, 0.15) is 5.75 Å². The molecule has 0 fully saturated rings. The highest BCUT2D eigenvalue weighted by atomic mass is 35.5. The largest absolute Gasteiger partial charge is 0.495 e. The maximum atomic E-state index is 12.2. The quantitative estimate of drug-likeness (QED) is 0.619. The maximum absolute atomic E-state index is 12.2. The van der Waals surface area contributed by atoms with Crippen LogP contribution < -0.4 is 10.1 Å². The van der Waals surface area contributed by atoms with Crippen molar-refractivity contribution in [3.8, 4) is 5.75 Å². The van der Waals surface area contributed by atoms with Crippen LogP contribution in [0.2, 0.25) is 10.0 Å². The van der Waals surface area contributed by atoms with Crippen LogP contribution in [0.15, 0.2) is 36.4 Å². The summed E-state index contributed by atoms with van der Waals surface area (Å²) in [4.78, 5) is 37.1. The average Bonchev–Trinajstić information content (AvgIpc) is 2.84. The van der Waals surface area contributed by atoms with Crippen molar-refractivity contribution in [3.05, 3.63) is 63.1 Å². The molecule has 3 rings (SSSR count). The van der Waals surface area contributed by atoms with Crippen LogP contribution in [0.1, 0.15) is 26.3 Å². The molecule has 0 aliphatic carbocycles.